The van der Waals surface area contributed by atoms with E-state index in [9.17, 15) is 0 Å². The molecule has 1 aromatic heterocycles. The molecule has 0 aromatic carbocycles. The summed E-state index contributed by atoms with van der Waals surface area (Å²) in [6.45, 7) is 8.14. The minimum atomic E-state index is 0.456. The number of hydrogen-bond donors (Lipinski definition) is 0. The van der Waals surface area contributed by atoms with Crippen LogP contribution in [0.4, 0.5) is 5.95 Å². The van der Waals surface area contributed by atoms with E-state index >= 15 is 0 Å². The Hall–Kier alpha value is -1.10. The molecule has 0 N–H and O–H groups in total. The van der Waals surface area contributed by atoms with Crippen LogP contribution in [0, 0.1) is 11.3 Å². The Morgan fingerprint density at radius 1 is 1.08 bits per heavy atom. The van der Waals surface area contributed by atoms with Crippen LogP contribution in [-0.4, -0.2) is 47.8 Å². The van der Waals surface area contributed by atoms with Crippen molar-refractivity contribution in [2.45, 2.75) is 71.1 Å². The summed E-state index contributed by atoms with van der Waals surface area (Å²) in [6.07, 6.45) is 13.6. The lowest BCUT2D eigenvalue weighted by molar-refractivity contribution is 0.0970. The SMILES string of the molecule is CCc1nc(N2CCC3(CCCN(CCC4CCCCC4)C3)C2)no1. The van der Waals surface area contributed by atoms with E-state index in [1.165, 1.54) is 77.4 Å². The van der Waals surface area contributed by atoms with Gasteiger partial charge in [0.1, 0.15) is 0 Å². The number of hydrogen-bond acceptors (Lipinski definition) is 5. The average Bonchev–Trinajstić information content (AvgIpc) is 3.28. The summed E-state index contributed by atoms with van der Waals surface area (Å²) in [4.78, 5) is 9.65. The quantitative estimate of drug-likeness (QED) is 0.809. The third-order valence-electron chi connectivity index (χ3n) is 6.80. The Morgan fingerprint density at radius 2 is 1.96 bits per heavy atom. The van der Waals surface area contributed by atoms with Gasteiger partial charge in [0.15, 0.2) is 0 Å². The van der Waals surface area contributed by atoms with Crippen molar-refractivity contribution in [3.05, 3.63) is 5.89 Å². The van der Waals surface area contributed by atoms with Gasteiger partial charge in [-0.15, -0.1) is 0 Å². The molecule has 1 unspecified atom stereocenters. The summed E-state index contributed by atoms with van der Waals surface area (Å²) >= 11 is 0. The molecule has 3 fully saturated rings. The zero-order chi connectivity index (χ0) is 17.1. The van der Waals surface area contributed by atoms with Crippen molar-refractivity contribution in [2.24, 2.45) is 11.3 Å². The highest BCUT2D eigenvalue weighted by Crippen LogP contribution is 2.40. The van der Waals surface area contributed by atoms with E-state index in [-0.39, 0.29) is 0 Å². The maximum Gasteiger partial charge on any atom is 0.266 e. The highest BCUT2D eigenvalue weighted by atomic mass is 16.5. The fourth-order valence-corrected chi connectivity index (χ4v) is 5.30. The molecule has 140 valence electrons. The molecule has 1 aliphatic carbocycles. The highest BCUT2D eigenvalue weighted by molar-refractivity contribution is 5.31. The Bertz CT molecular complexity index is 554. The topological polar surface area (TPSA) is 45.4 Å². The molecule has 0 amide bonds. The molecule has 1 atom stereocenters. The molecule has 25 heavy (non-hydrogen) atoms. The number of rotatable bonds is 5. The van der Waals surface area contributed by atoms with Gasteiger partial charge in [-0.1, -0.05) is 39.0 Å². The molecule has 0 bridgehead atoms. The lowest BCUT2D eigenvalue weighted by Gasteiger charge is -2.41. The van der Waals surface area contributed by atoms with Gasteiger partial charge in [-0.25, -0.2) is 0 Å². The van der Waals surface area contributed by atoms with Crippen LogP contribution in [0.15, 0.2) is 4.52 Å². The molecular formula is C20H34N4O. The normalized spacial score (nSPS) is 28.9. The van der Waals surface area contributed by atoms with Crippen molar-refractivity contribution in [2.75, 3.05) is 37.6 Å². The van der Waals surface area contributed by atoms with Gasteiger partial charge in [-0.05, 0) is 49.8 Å². The lowest BCUT2D eigenvalue weighted by Crippen LogP contribution is -2.45. The minimum Gasteiger partial charge on any atom is -0.338 e. The number of nitrogens with zero attached hydrogens (tertiary/aromatic N) is 4. The predicted molar refractivity (Wildman–Crippen MR) is 99.8 cm³/mol. The standard InChI is InChI=1S/C20H34N4O/c1-2-18-21-19(22-25-18)24-14-11-20(16-24)10-6-12-23(15-20)13-9-17-7-4-3-5-8-17/h17H,2-16H2,1H3. The number of likely N-dealkylation sites (tertiary alicyclic amines) is 1. The first kappa shape index (κ1) is 17.3. The van der Waals surface area contributed by atoms with Crippen LogP contribution in [0.1, 0.15) is 70.6 Å². The van der Waals surface area contributed by atoms with Crippen LogP contribution in [0.25, 0.3) is 0 Å². The second-order valence-corrected chi connectivity index (χ2v) is 8.69. The number of aryl methyl sites for hydroxylation is 1. The molecule has 1 spiro atoms. The summed E-state index contributed by atoms with van der Waals surface area (Å²) in [5.41, 5.74) is 0.456. The lowest BCUT2D eigenvalue weighted by atomic mass is 9.79. The zero-order valence-corrected chi connectivity index (χ0v) is 15.9. The van der Waals surface area contributed by atoms with E-state index in [0.717, 1.165) is 37.3 Å². The van der Waals surface area contributed by atoms with Crippen LogP contribution in [-0.2, 0) is 6.42 Å². The first-order valence-corrected chi connectivity index (χ1v) is 10.6. The molecule has 3 aliphatic rings. The Kier molecular flexibility index (Phi) is 5.30. The van der Waals surface area contributed by atoms with Crippen LogP contribution in [0.2, 0.25) is 0 Å². The van der Waals surface area contributed by atoms with Crippen molar-refractivity contribution in [3.8, 4) is 0 Å². The van der Waals surface area contributed by atoms with Crippen LogP contribution < -0.4 is 4.90 Å². The molecule has 0 radical (unpaired) electrons. The van der Waals surface area contributed by atoms with E-state index in [4.69, 9.17) is 4.52 Å². The zero-order valence-electron chi connectivity index (χ0n) is 15.9. The monoisotopic (exact) mass is 346 g/mol. The maximum absolute atomic E-state index is 5.32. The second-order valence-electron chi connectivity index (χ2n) is 8.69. The van der Waals surface area contributed by atoms with E-state index in [1.54, 1.807) is 0 Å². The second kappa shape index (κ2) is 7.65. The van der Waals surface area contributed by atoms with Crippen molar-refractivity contribution < 1.29 is 4.52 Å². The summed E-state index contributed by atoms with van der Waals surface area (Å²) in [5, 5.41) is 4.19. The van der Waals surface area contributed by atoms with Crippen molar-refractivity contribution in [1.29, 1.82) is 0 Å². The molecule has 3 heterocycles. The fourth-order valence-electron chi connectivity index (χ4n) is 5.30. The highest BCUT2D eigenvalue weighted by Gasteiger charge is 2.42. The molecular weight excluding hydrogens is 312 g/mol. The van der Waals surface area contributed by atoms with Crippen LogP contribution in [0.5, 0.6) is 0 Å². The first-order valence-electron chi connectivity index (χ1n) is 10.6. The number of piperidine rings is 1. The van der Waals surface area contributed by atoms with E-state index < -0.39 is 0 Å². The Labute approximate surface area is 152 Å². The van der Waals surface area contributed by atoms with Gasteiger partial charge >= 0.3 is 0 Å². The van der Waals surface area contributed by atoms with Gasteiger partial charge in [0, 0.05) is 31.5 Å². The van der Waals surface area contributed by atoms with Gasteiger partial charge in [0.25, 0.3) is 5.95 Å². The van der Waals surface area contributed by atoms with Gasteiger partial charge in [-0.2, -0.15) is 4.98 Å². The summed E-state index contributed by atoms with van der Waals surface area (Å²) in [5.74, 6) is 2.57. The van der Waals surface area contributed by atoms with Gasteiger partial charge in [0.2, 0.25) is 5.89 Å². The summed E-state index contributed by atoms with van der Waals surface area (Å²) < 4.78 is 5.32. The van der Waals surface area contributed by atoms with Gasteiger partial charge in [-0.3, -0.25) is 0 Å². The minimum absolute atomic E-state index is 0.456. The first-order chi connectivity index (χ1) is 12.3. The van der Waals surface area contributed by atoms with Crippen LogP contribution in [0.3, 0.4) is 0 Å². The summed E-state index contributed by atoms with van der Waals surface area (Å²) in [6, 6.07) is 0. The molecule has 1 saturated carbocycles. The number of aromatic nitrogens is 2. The Balaban J connectivity index is 1.31. The van der Waals surface area contributed by atoms with E-state index in [1.807, 2.05) is 0 Å². The van der Waals surface area contributed by atoms with Crippen LogP contribution >= 0.6 is 0 Å². The van der Waals surface area contributed by atoms with Crippen molar-refractivity contribution in [1.82, 2.24) is 15.0 Å². The smallest absolute Gasteiger partial charge is 0.266 e. The van der Waals surface area contributed by atoms with Crippen molar-refractivity contribution in [3.63, 3.8) is 0 Å². The molecule has 5 heteroatoms. The molecule has 2 saturated heterocycles. The summed E-state index contributed by atoms with van der Waals surface area (Å²) in [7, 11) is 0. The molecule has 2 aliphatic heterocycles. The molecule has 1 aromatic rings. The largest absolute Gasteiger partial charge is 0.338 e. The van der Waals surface area contributed by atoms with Crippen molar-refractivity contribution >= 4 is 5.95 Å². The number of anilines is 1. The third-order valence-corrected chi connectivity index (χ3v) is 6.80. The third kappa shape index (κ3) is 4.02. The maximum atomic E-state index is 5.32. The van der Waals surface area contributed by atoms with Gasteiger partial charge in [0.05, 0.1) is 0 Å². The molecule has 4 rings (SSSR count). The fraction of sp³-hybridized carbons (Fsp3) is 0.900. The van der Waals surface area contributed by atoms with Gasteiger partial charge < -0.3 is 14.3 Å². The molecule has 5 nitrogen and oxygen atoms in total. The predicted octanol–water partition coefficient (Wildman–Crippen LogP) is 3.89. The van der Waals surface area contributed by atoms with E-state index in [0.29, 0.717) is 5.41 Å². The Morgan fingerprint density at radius 3 is 2.76 bits per heavy atom. The average molecular weight is 347 g/mol. The van der Waals surface area contributed by atoms with E-state index in [2.05, 4.69) is 26.9 Å².